The van der Waals surface area contributed by atoms with Crippen LogP contribution in [0.15, 0.2) is 54.6 Å². The molecule has 2 aromatic rings. The van der Waals surface area contributed by atoms with Crippen molar-refractivity contribution in [1.82, 2.24) is 4.90 Å². The van der Waals surface area contributed by atoms with Gasteiger partial charge in [0.2, 0.25) is 0 Å². The molecule has 1 unspecified atom stereocenters. The Morgan fingerprint density at radius 3 is 2.55 bits per heavy atom. The second kappa shape index (κ2) is 5.33. The van der Waals surface area contributed by atoms with Gasteiger partial charge in [-0.05, 0) is 23.1 Å². The van der Waals surface area contributed by atoms with E-state index in [4.69, 9.17) is 0 Å². The van der Waals surface area contributed by atoms with E-state index in [1.165, 1.54) is 10.5 Å². The van der Waals surface area contributed by atoms with E-state index < -0.39 is 6.09 Å². The van der Waals surface area contributed by atoms with Crippen molar-refractivity contribution >= 4 is 6.09 Å². The minimum atomic E-state index is -0.937. The van der Waals surface area contributed by atoms with Crippen molar-refractivity contribution in [3.8, 4) is 0 Å². The Bertz CT molecular complexity index is 615. The average Bonchev–Trinajstić information content (AvgIpc) is 2.53. The maximum Gasteiger partial charge on any atom is 0.448 e. The highest BCUT2D eigenvalue weighted by atomic mass is 19.3. The van der Waals surface area contributed by atoms with E-state index in [-0.39, 0.29) is 6.04 Å². The van der Waals surface area contributed by atoms with Crippen molar-refractivity contribution < 1.29 is 14.3 Å². The lowest BCUT2D eigenvalue weighted by molar-refractivity contribution is -0.0833. The van der Waals surface area contributed by atoms with Crippen LogP contribution in [-0.2, 0) is 11.4 Å². The third-order valence-corrected chi connectivity index (χ3v) is 3.70. The molecule has 20 heavy (non-hydrogen) atoms. The quantitative estimate of drug-likeness (QED) is 0.792. The molecule has 0 saturated carbocycles. The lowest BCUT2D eigenvalue weighted by atomic mass is 9.88. The third-order valence-electron chi connectivity index (χ3n) is 3.70. The largest absolute Gasteiger partial charge is 0.448 e. The third kappa shape index (κ3) is 2.13. The fourth-order valence-electron chi connectivity index (χ4n) is 2.80. The molecule has 0 bridgehead atoms. The lowest BCUT2D eigenvalue weighted by Crippen LogP contribution is -2.40. The molecule has 1 aliphatic heterocycles. The first-order valence-corrected chi connectivity index (χ1v) is 6.53. The summed E-state index contributed by atoms with van der Waals surface area (Å²) < 4.78 is 12.3. The summed E-state index contributed by atoms with van der Waals surface area (Å²) in [7, 11) is 0. The number of benzene rings is 2. The van der Waals surface area contributed by atoms with E-state index >= 15 is 0 Å². The molecule has 3 nitrogen and oxygen atoms in total. The molecule has 1 heterocycles. The van der Waals surface area contributed by atoms with Gasteiger partial charge in [0, 0.05) is 11.1 Å². The van der Waals surface area contributed by atoms with Gasteiger partial charge >= 0.3 is 6.09 Å². The van der Waals surface area contributed by atoms with Gasteiger partial charge in [-0.25, -0.2) is 9.74 Å². The monoisotopic (exact) mass is 271 g/mol. The second-order valence-corrected chi connectivity index (χ2v) is 4.80. The van der Waals surface area contributed by atoms with Crippen molar-refractivity contribution in [2.45, 2.75) is 12.5 Å². The van der Waals surface area contributed by atoms with Gasteiger partial charge in [0.05, 0.1) is 6.04 Å². The van der Waals surface area contributed by atoms with Crippen LogP contribution in [0.25, 0.3) is 0 Å². The maximum atomic E-state index is 12.3. The predicted molar refractivity (Wildman–Crippen MR) is 72.7 cm³/mol. The first-order chi connectivity index (χ1) is 9.81. The van der Waals surface area contributed by atoms with E-state index in [1.807, 2.05) is 54.6 Å². The molecule has 3 rings (SSSR count). The van der Waals surface area contributed by atoms with E-state index in [0.717, 1.165) is 11.1 Å². The van der Waals surface area contributed by atoms with E-state index in [1.54, 1.807) is 0 Å². The Morgan fingerprint density at radius 1 is 1.10 bits per heavy atom. The first-order valence-electron chi connectivity index (χ1n) is 6.53. The zero-order chi connectivity index (χ0) is 13.9. The number of fused-ring (bicyclic) bond motifs is 1. The number of hydrogen-bond acceptors (Lipinski definition) is 2. The standard InChI is InChI=1S/C16H14FNO2/c17-20-16(19)18-11-10-12-6-4-5-9-14(12)15(18)13-7-2-1-3-8-13/h1-9,15H,10-11H2. The van der Waals surface area contributed by atoms with Gasteiger partial charge in [-0.2, -0.15) is 0 Å². The minimum Gasteiger partial charge on any atom is -0.294 e. The van der Waals surface area contributed by atoms with Crippen LogP contribution >= 0.6 is 0 Å². The highest BCUT2D eigenvalue weighted by Gasteiger charge is 2.33. The Kier molecular flexibility index (Phi) is 3.37. The predicted octanol–water partition coefficient (Wildman–Crippen LogP) is 3.66. The minimum absolute atomic E-state index is 0.301. The van der Waals surface area contributed by atoms with Crippen LogP contribution in [0.4, 0.5) is 9.32 Å². The highest BCUT2D eigenvalue weighted by molar-refractivity contribution is 5.69. The summed E-state index contributed by atoms with van der Waals surface area (Å²) in [6.45, 7) is 0.444. The number of halogens is 1. The van der Waals surface area contributed by atoms with Crippen LogP contribution in [0.3, 0.4) is 0 Å². The number of hydrogen-bond donors (Lipinski definition) is 0. The summed E-state index contributed by atoms with van der Waals surface area (Å²) in [5.41, 5.74) is 3.16. The van der Waals surface area contributed by atoms with Crippen molar-refractivity contribution in [3.05, 3.63) is 71.3 Å². The van der Waals surface area contributed by atoms with Gasteiger partial charge in [0.25, 0.3) is 0 Å². The Balaban J connectivity index is 2.10. The van der Waals surface area contributed by atoms with Crippen LogP contribution in [0, 0.1) is 0 Å². The summed E-state index contributed by atoms with van der Waals surface area (Å²) in [4.78, 5) is 16.6. The molecule has 4 heteroatoms. The van der Waals surface area contributed by atoms with E-state index in [0.29, 0.717) is 13.0 Å². The van der Waals surface area contributed by atoms with Gasteiger partial charge in [-0.15, -0.1) is 0 Å². The summed E-state index contributed by atoms with van der Waals surface area (Å²) in [6, 6.07) is 17.2. The molecule has 0 fully saturated rings. The number of amides is 1. The van der Waals surface area contributed by atoms with Crippen molar-refractivity contribution in [3.63, 3.8) is 0 Å². The zero-order valence-corrected chi connectivity index (χ0v) is 10.8. The zero-order valence-electron chi connectivity index (χ0n) is 10.8. The lowest BCUT2D eigenvalue weighted by Gasteiger charge is -2.35. The molecular weight excluding hydrogens is 257 g/mol. The number of carbonyl (C=O) groups is 1. The number of carbonyl (C=O) groups excluding carboxylic acids is 1. The molecule has 0 saturated heterocycles. The smallest absolute Gasteiger partial charge is 0.294 e. The molecule has 0 spiro atoms. The highest BCUT2D eigenvalue weighted by Crippen LogP contribution is 2.35. The summed E-state index contributed by atoms with van der Waals surface area (Å²) in [5.74, 6) is 0. The molecule has 0 aliphatic carbocycles. The molecule has 1 amide bonds. The Labute approximate surface area is 116 Å². The van der Waals surface area contributed by atoms with Crippen molar-refractivity contribution in [2.75, 3.05) is 6.54 Å². The average molecular weight is 271 g/mol. The fourth-order valence-corrected chi connectivity index (χ4v) is 2.80. The van der Waals surface area contributed by atoms with Gasteiger partial charge in [0.1, 0.15) is 0 Å². The van der Waals surface area contributed by atoms with Gasteiger partial charge in [0.15, 0.2) is 0 Å². The molecule has 2 aromatic carbocycles. The van der Waals surface area contributed by atoms with Gasteiger partial charge < -0.3 is 0 Å². The molecule has 1 aliphatic rings. The molecule has 0 radical (unpaired) electrons. The SMILES string of the molecule is O=C(OF)N1CCc2ccccc2C1c1ccccc1. The normalized spacial score (nSPS) is 17.4. The second-order valence-electron chi connectivity index (χ2n) is 4.80. The van der Waals surface area contributed by atoms with Gasteiger partial charge in [-0.3, -0.25) is 4.90 Å². The molecular formula is C16H14FNO2. The number of rotatable bonds is 1. The van der Waals surface area contributed by atoms with Crippen molar-refractivity contribution in [2.24, 2.45) is 0 Å². The topological polar surface area (TPSA) is 29.5 Å². The molecule has 0 N–H and O–H groups in total. The van der Waals surface area contributed by atoms with E-state index in [9.17, 15) is 9.32 Å². The van der Waals surface area contributed by atoms with E-state index in [2.05, 4.69) is 4.94 Å². The van der Waals surface area contributed by atoms with Crippen LogP contribution in [0.1, 0.15) is 22.7 Å². The summed E-state index contributed by atoms with van der Waals surface area (Å²) >= 11 is 0. The Morgan fingerprint density at radius 2 is 1.80 bits per heavy atom. The van der Waals surface area contributed by atoms with Crippen LogP contribution in [-0.4, -0.2) is 17.5 Å². The molecule has 102 valence electrons. The van der Waals surface area contributed by atoms with Crippen LogP contribution < -0.4 is 0 Å². The van der Waals surface area contributed by atoms with Crippen LogP contribution in [0.5, 0.6) is 0 Å². The fraction of sp³-hybridized carbons (Fsp3) is 0.188. The summed E-state index contributed by atoms with van der Waals surface area (Å²) in [5, 5.41) is 0. The first kappa shape index (κ1) is 12.7. The summed E-state index contributed by atoms with van der Waals surface area (Å²) in [6.07, 6.45) is -0.234. The Hall–Kier alpha value is -2.36. The molecule has 0 aromatic heterocycles. The van der Waals surface area contributed by atoms with Crippen molar-refractivity contribution in [1.29, 1.82) is 0 Å². The maximum absolute atomic E-state index is 12.3. The van der Waals surface area contributed by atoms with Gasteiger partial charge in [-0.1, -0.05) is 54.6 Å². The number of nitrogens with zero attached hydrogens (tertiary/aromatic N) is 1. The van der Waals surface area contributed by atoms with Crippen LogP contribution in [0.2, 0.25) is 0 Å². The molecule has 1 atom stereocenters.